The fraction of sp³-hybridized carbons (Fsp3) is 0.0833. The number of rotatable bonds is 2. The van der Waals surface area contributed by atoms with E-state index in [0.29, 0.717) is 16.3 Å². The van der Waals surface area contributed by atoms with Gasteiger partial charge in [-0.05, 0) is 42.5 Å². The van der Waals surface area contributed by atoms with Crippen molar-refractivity contribution in [3.05, 3.63) is 52.0 Å². The number of H-pyrrole nitrogens is 1. The molecule has 0 unspecified atom stereocenters. The summed E-state index contributed by atoms with van der Waals surface area (Å²) in [5, 5.41) is 8.60. The van der Waals surface area contributed by atoms with E-state index in [1.165, 1.54) is 0 Å². The highest BCUT2D eigenvalue weighted by atomic mass is 35.5. The van der Waals surface area contributed by atoms with Crippen LogP contribution in [0.15, 0.2) is 36.5 Å². The molecular formula is C12H9ClN4S. The van der Waals surface area contributed by atoms with Crippen molar-refractivity contribution in [3.8, 4) is 0 Å². The van der Waals surface area contributed by atoms with Crippen molar-refractivity contribution in [2.75, 3.05) is 0 Å². The Kier molecular flexibility index (Phi) is 2.85. The predicted molar refractivity (Wildman–Crippen MR) is 73.3 cm³/mol. The standard InChI is InChI=1S/C12H9ClN4S/c13-8-3-4-10-11(6-8)17(12(18)15-10)7-9-2-1-5-14-16-9/h1-6H,7H2,(H,15,18). The smallest absolute Gasteiger partial charge is 0.178 e. The van der Waals surface area contributed by atoms with Crippen LogP contribution in [0.5, 0.6) is 0 Å². The molecule has 0 saturated heterocycles. The largest absolute Gasteiger partial charge is 0.331 e. The molecule has 0 atom stereocenters. The molecular weight excluding hydrogens is 268 g/mol. The average Bonchev–Trinajstić information content (AvgIpc) is 2.67. The third-order valence-corrected chi connectivity index (χ3v) is 3.24. The highest BCUT2D eigenvalue weighted by Crippen LogP contribution is 2.19. The maximum Gasteiger partial charge on any atom is 0.178 e. The first-order chi connectivity index (χ1) is 8.74. The van der Waals surface area contributed by atoms with Crippen molar-refractivity contribution >= 4 is 34.9 Å². The first-order valence-electron chi connectivity index (χ1n) is 5.39. The third kappa shape index (κ3) is 2.02. The molecule has 0 amide bonds. The lowest BCUT2D eigenvalue weighted by Crippen LogP contribution is -2.02. The van der Waals surface area contributed by atoms with E-state index >= 15 is 0 Å². The van der Waals surface area contributed by atoms with Crippen LogP contribution in [0.25, 0.3) is 11.0 Å². The number of halogens is 1. The van der Waals surface area contributed by atoms with E-state index in [4.69, 9.17) is 23.8 Å². The van der Waals surface area contributed by atoms with E-state index < -0.39 is 0 Å². The van der Waals surface area contributed by atoms with E-state index in [1.807, 2.05) is 34.9 Å². The van der Waals surface area contributed by atoms with Crippen LogP contribution in [0.2, 0.25) is 5.02 Å². The molecule has 90 valence electrons. The van der Waals surface area contributed by atoms with Gasteiger partial charge in [-0.1, -0.05) is 11.6 Å². The van der Waals surface area contributed by atoms with Gasteiger partial charge in [-0.25, -0.2) is 0 Å². The van der Waals surface area contributed by atoms with Crippen LogP contribution < -0.4 is 0 Å². The zero-order valence-corrected chi connectivity index (χ0v) is 10.9. The summed E-state index contributed by atoms with van der Waals surface area (Å²) in [6.45, 7) is 0.576. The quantitative estimate of drug-likeness (QED) is 0.731. The van der Waals surface area contributed by atoms with E-state index in [1.54, 1.807) is 6.20 Å². The molecule has 18 heavy (non-hydrogen) atoms. The molecule has 1 N–H and O–H groups in total. The van der Waals surface area contributed by atoms with Crippen molar-refractivity contribution in [1.82, 2.24) is 19.7 Å². The molecule has 0 aliphatic carbocycles. The number of nitrogens with one attached hydrogen (secondary N) is 1. The molecule has 0 saturated carbocycles. The summed E-state index contributed by atoms with van der Waals surface area (Å²) in [6, 6.07) is 9.41. The number of imidazole rings is 1. The second kappa shape index (κ2) is 4.51. The Labute approximate surface area is 113 Å². The lowest BCUT2D eigenvalue weighted by atomic mass is 10.3. The van der Waals surface area contributed by atoms with Gasteiger partial charge < -0.3 is 9.55 Å². The summed E-state index contributed by atoms with van der Waals surface area (Å²) < 4.78 is 2.61. The minimum absolute atomic E-state index is 0.576. The Balaban J connectivity index is 2.14. The minimum Gasteiger partial charge on any atom is -0.331 e. The van der Waals surface area contributed by atoms with Gasteiger partial charge in [0, 0.05) is 11.2 Å². The van der Waals surface area contributed by atoms with E-state index in [2.05, 4.69) is 15.2 Å². The molecule has 0 aliphatic heterocycles. The van der Waals surface area contributed by atoms with Gasteiger partial charge in [0.05, 0.1) is 23.3 Å². The Morgan fingerprint density at radius 3 is 3.00 bits per heavy atom. The van der Waals surface area contributed by atoms with Crippen molar-refractivity contribution in [3.63, 3.8) is 0 Å². The van der Waals surface area contributed by atoms with Crippen LogP contribution in [-0.2, 0) is 6.54 Å². The molecule has 3 rings (SSSR count). The first-order valence-corrected chi connectivity index (χ1v) is 6.17. The molecule has 4 nitrogen and oxygen atoms in total. The van der Waals surface area contributed by atoms with E-state index in [0.717, 1.165) is 16.7 Å². The Morgan fingerprint density at radius 1 is 1.33 bits per heavy atom. The van der Waals surface area contributed by atoms with Gasteiger partial charge in [0.15, 0.2) is 4.77 Å². The highest BCUT2D eigenvalue weighted by molar-refractivity contribution is 7.71. The molecule has 0 bridgehead atoms. The molecule has 1 aromatic carbocycles. The van der Waals surface area contributed by atoms with Gasteiger partial charge in [-0.3, -0.25) is 0 Å². The topological polar surface area (TPSA) is 46.5 Å². The first kappa shape index (κ1) is 11.4. The third-order valence-electron chi connectivity index (χ3n) is 2.68. The van der Waals surface area contributed by atoms with Gasteiger partial charge in [-0.2, -0.15) is 10.2 Å². The van der Waals surface area contributed by atoms with Crippen molar-refractivity contribution < 1.29 is 0 Å². The minimum atomic E-state index is 0.576. The number of hydrogen-bond acceptors (Lipinski definition) is 3. The van der Waals surface area contributed by atoms with Crippen molar-refractivity contribution in [2.24, 2.45) is 0 Å². The molecule has 0 fully saturated rings. The van der Waals surface area contributed by atoms with Gasteiger partial charge in [0.25, 0.3) is 0 Å². The normalized spacial score (nSPS) is 10.9. The number of nitrogens with zero attached hydrogens (tertiary/aromatic N) is 3. The number of benzene rings is 1. The van der Waals surface area contributed by atoms with Gasteiger partial charge in [0.1, 0.15) is 0 Å². The predicted octanol–water partition coefficient (Wildman–Crippen LogP) is 3.19. The maximum absolute atomic E-state index is 6.01. The SMILES string of the molecule is S=c1[nH]c2ccc(Cl)cc2n1Cc1cccnn1. The lowest BCUT2D eigenvalue weighted by molar-refractivity contribution is 0.762. The maximum atomic E-state index is 6.01. The second-order valence-electron chi connectivity index (χ2n) is 3.89. The van der Waals surface area contributed by atoms with E-state index in [9.17, 15) is 0 Å². The second-order valence-corrected chi connectivity index (χ2v) is 4.72. The molecule has 0 radical (unpaired) electrons. The molecule has 6 heteroatoms. The monoisotopic (exact) mass is 276 g/mol. The van der Waals surface area contributed by atoms with Crippen LogP contribution in [-0.4, -0.2) is 19.7 Å². The lowest BCUT2D eigenvalue weighted by Gasteiger charge is -2.03. The van der Waals surface area contributed by atoms with Gasteiger partial charge in [-0.15, -0.1) is 0 Å². The number of hydrogen-bond donors (Lipinski definition) is 1. The molecule has 3 aromatic rings. The fourth-order valence-corrected chi connectivity index (χ4v) is 2.30. The van der Waals surface area contributed by atoms with Crippen LogP contribution in [0.1, 0.15) is 5.69 Å². The summed E-state index contributed by atoms with van der Waals surface area (Å²) >= 11 is 11.3. The van der Waals surface area contributed by atoms with E-state index in [-0.39, 0.29) is 0 Å². The summed E-state index contributed by atoms with van der Waals surface area (Å²) in [5.41, 5.74) is 2.79. The van der Waals surface area contributed by atoms with Crippen molar-refractivity contribution in [1.29, 1.82) is 0 Å². The number of aromatic nitrogens is 4. The molecule has 2 heterocycles. The number of fused-ring (bicyclic) bond motifs is 1. The zero-order chi connectivity index (χ0) is 12.5. The number of aromatic amines is 1. The average molecular weight is 277 g/mol. The Bertz CT molecular complexity index is 748. The Hall–Kier alpha value is -1.72. The molecule has 2 aromatic heterocycles. The van der Waals surface area contributed by atoms with Crippen LogP contribution in [0.4, 0.5) is 0 Å². The summed E-state index contributed by atoms with van der Waals surface area (Å²) in [5.74, 6) is 0. The Morgan fingerprint density at radius 2 is 2.22 bits per heavy atom. The summed E-state index contributed by atoms with van der Waals surface area (Å²) in [6.07, 6.45) is 1.65. The fourth-order valence-electron chi connectivity index (χ4n) is 1.86. The van der Waals surface area contributed by atoms with Crippen molar-refractivity contribution in [2.45, 2.75) is 6.54 Å². The zero-order valence-electron chi connectivity index (χ0n) is 9.30. The van der Waals surface area contributed by atoms with Crippen LogP contribution >= 0.6 is 23.8 Å². The highest BCUT2D eigenvalue weighted by Gasteiger charge is 2.06. The summed E-state index contributed by atoms with van der Waals surface area (Å²) in [7, 11) is 0. The van der Waals surface area contributed by atoms with Gasteiger partial charge >= 0.3 is 0 Å². The molecule has 0 aliphatic rings. The van der Waals surface area contributed by atoms with Crippen LogP contribution in [0.3, 0.4) is 0 Å². The summed E-state index contributed by atoms with van der Waals surface area (Å²) in [4.78, 5) is 3.15. The van der Waals surface area contributed by atoms with Gasteiger partial charge in [0.2, 0.25) is 0 Å². The van der Waals surface area contributed by atoms with Crippen LogP contribution in [0, 0.1) is 4.77 Å². The molecule has 0 spiro atoms.